The number of Topliss-reactive ketones (excluding diaryl/α,β-unsaturated/α-hetero) is 2. The molecule has 34 nitrogen and oxygen atoms in total. The van der Waals surface area contributed by atoms with Gasteiger partial charge in [-0.1, -0.05) is 69.3 Å². The summed E-state index contributed by atoms with van der Waals surface area (Å²) in [6, 6.07) is 15.1. The van der Waals surface area contributed by atoms with Crippen molar-refractivity contribution in [2.24, 2.45) is 29.2 Å². The molecule has 0 bridgehead atoms. The van der Waals surface area contributed by atoms with E-state index in [1.54, 1.807) is 34.6 Å². The minimum absolute atomic E-state index is 0.0240. The fourth-order valence-corrected chi connectivity index (χ4v) is 11.2. The number of methoxy groups -OCH3 is 3. The van der Waals surface area contributed by atoms with E-state index in [9.17, 15) is 59.4 Å². The Kier molecular flexibility index (Phi) is 46.0. The number of hydrogen-bond donors (Lipinski definition) is 12. The van der Waals surface area contributed by atoms with Crippen molar-refractivity contribution in [1.29, 1.82) is 0 Å². The SMILES string of the molecule is CO[C@@H]1OC(COCC(=O)NCCOCCOCCCC(=O)C(C)N)[C@@H](C)[C@H](O)C1O.CO[C@@H]1OC(COCC(=O)NCCOCCOCCCC(=O)C(C)NC(=O)OCC2c3ccccc3-c3ccccc32)[C@@H](C)[C@H](O)C1O.CO[C@@H]1OC(COCC(=O)NCCOCCOCCN)[C@@H](C)[C@H](O)C1O. The van der Waals surface area contributed by atoms with Gasteiger partial charge in [0, 0.05) is 97.2 Å². The third-order valence-corrected chi connectivity index (χ3v) is 17.6. The van der Waals surface area contributed by atoms with E-state index in [1.165, 1.54) is 21.3 Å². The van der Waals surface area contributed by atoms with Crippen molar-refractivity contribution in [2.75, 3.05) is 173 Å². The van der Waals surface area contributed by atoms with Gasteiger partial charge in [-0.25, -0.2) is 4.79 Å². The molecule has 34 heteroatoms. The predicted octanol–water partition coefficient (Wildman–Crippen LogP) is -1.42. The molecule has 2 aromatic carbocycles. The summed E-state index contributed by atoms with van der Waals surface area (Å²) in [6.07, 6.45) is -9.57. The Bertz CT molecular complexity index is 2710. The third-order valence-electron chi connectivity index (χ3n) is 17.6. The van der Waals surface area contributed by atoms with Gasteiger partial charge >= 0.3 is 6.09 Å². The molecule has 8 unspecified atom stereocenters. The van der Waals surface area contributed by atoms with E-state index in [1.807, 2.05) is 24.3 Å². The molecule has 1 aliphatic carbocycles. The Balaban J connectivity index is 0.000000355. The number of benzene rings is 2. The Morgan fingerprint density at radius 3 is 1.12 bits per heavy atom. The number of fused-ring (bicyclic) bond motifs is 3. The lowest BCUT2D eigenvalue weighted by molar-refractivity contribution is -0.282. The Morgan fingerprint density at radius 1 is 0.448 bits per heavy atom. The van der Waals surface area contributed by atoms with Gasteiger partial charge in [0.25, 0.3) is 0 Å². The number of carbonyl (C=O) groups is 6. The van der Waals surface area contributed by atoms with Gasteiger partial charge in [-0.2, -0.15) is 0 Å². The summed E-state index contributed by atoms with van der Waals surface area (Å²) in [5, 5.41) is 70.4. The highest BCUT2D eigenvalue weighted by atomic mass is 16.7. The van der Waals surface area contributed by atoms with Gasteiger partial charge in [0.2, 0.25) is 17.7 Å². The number of ketones is 2. The van der Waals surface area contributed by atoms with Gasteiger partial charge in [0.05, 0.1) is 135 Å². The second kappa shape index (κ2) is 52.6. The van der Waals surface area contributed by atoms with Crippen LogP contribution in [0.15, 0.2) is 48.5 Å². The van der Waals surface area contributed by atoms with E-state index in [2.05, 4.69) is 45.5 Å². The van der Waals surface area contributed by atoms with Gasteiger partial charge in [-0.3, -0.25) is 24.0 Å². The highest BCUT2D eigenvalue weighted by Gasteiger charge is 2.45. The Labute approximate surface area is 614 Å². The summed E-state index contributed by atoms with van der Waals surface area (Å²) in [5.41, 5.74) is 15.3. The minimum atomic E-state index is -1.15. The lowest BCUT2D eigenvalue weighted by atomic mass is 9.91. The van der Waals surface area contributed by atoms with Crippen molar-refractivity contribution >= 4 is 35.4 Å². The zero-order chi connectivity index (χ0) is 77.1. The average Bonchev–Trinajstić information content (AvgIpc) is 1.65. The zero-order valence-electron chi connectivity index (χ0n) is 61.9. The molecule has 0 spiro atoms. The van der Waals surface area contributed by atoms with Crippen molar-refractivity contribution in [2.45, 2.75) is 152 Å². The number of nitrogens with one attached hydrogen (secondary N) is 4. The van der Waals surface area contributed by atoms with E-state index in [4.69, 9.17) is 87.3 Å². The van der Waals surface area contributed by atoms with Crippen LogP contribution in [0.5, 0.6) is 0 Å². The standard InChI is InChI=1S/C35H48N2O11.C20H38N2O9.C16H32N2O8/c1-22-30(48-34(43-3)33(41)32(22)40)20-46-21-31(39)36-14-16-45-18-17-44-15-8-13-29(38)23(2)37-35(42)47-19-28-26-11-6-4-9-24(26)25-10-5-7-12-27(25)28;1-13-16(31-20(27-3)19(26)18(13)25)11-30-12-17(24)22-6-8-29-10-9-28-7-4-5-15(23)14(2)21;1-11-12(26-16(22-2)15(21)14(11)20)9-25-10-13(19)18-4-6-24-8-7-23-5-3-17/h4-7,9-12,22-23,28,30,32-34,40-41H,8,13-21H2,1-3H3,(H,36,39)(H,37,42);13-14,16,18-20,25-26H,4-12,21H2,1-3H3,(H,22,24);11-12,14-16,20-21H,3-10,17H2,1-2H3,(H,18,19)/t22-,23?,30?,32+,33?,34-;13-,14?,16?,18+,19?,20-;11-,12?,14+,15?,16-/m111/s1. The zero-order valence-corrected chi connectivity index (χ0v) is 61.9. The van der Waals surface area contributed by atoms with Crippen LogP contribution in [0.1, 0.15) is 77.3 Å². The second-order valence-electron chi connectivity index (χ2n) is 25.5. The van der Waals surface area contributed by atoms with Crippen LogP contribution < -0.4 is 32.7 Å². The van der Waals surface area contributed by atoms with E-state index >= 15 is 0 Å². The summed E-state index contributed by atoms with van der Waals surface area (Å²) >= 11 is 0. The average molecular weight is 1500 g/mol. The number of hydrogen-bond acceptors (Lipinski definition) is 30. The maximum absolute atomic E-state index is 12.5. The molecule has 3 aliphatic heterocycles. The number of carbonyl (C=O) groups excluding carboxylic acids is 6. The van der Waals surface area contributed by atoms with Gasteiger partial charge in [0.15, 0.2) is 24.7 Å². The maximum atomic E-state index is 12.5. The molecule has 4 amide bonds. The van der Waals surface area contributed by atoms with Gasteiger partial charge in [0.1, 0.15) is 50.5 Å². The van der Waals surface area contributed by atoms with Crippen LogP contribution in [0.3, 0.4) is 0 Å². The molecule has 2 aromatic rings. The Morgan fingerprint density at radius 2 is 0.781 bits per heavy atom. The number of aliphatic hydroxyl groups excluding tert-OH is 6. The smallest absolute Gasteiger partial charge is 0.407 e. The number of rotatable bonds is 48. The topological polar surface area (TPSA) is 472 Å². The van der Waals surface area contributed by atoms with E-state index < -0.39 is 97.9 Å². The van der Waals surface area contributed by atoms with Crippen LogP contribution in [-0.4, -0.2) is 325 Å². The summed E-state index contributed by atoms with van der Waals surface area (Å²) in [4.78, 5) is 71.8. The molecule has 3 fully saturated rings. The highest BCUT2D eigenvalue weighted by molar-refractivity contribution is 5.87. The fourth-order valence-electron chi connectivity index (χ4n) is 11.2. The lowest BCUT2D eigenvalue weighted by Crippen LogP contribution is -2.55. The lowest BCUT2D eigenvalue weighted by Gasteiger charge is -2.40. The molecular weight excluding hydrogens is 1380 g/mol. The first-order valence-corrected chi connectivity index (χ1v) is 35.7. The van der Waals surface area contributed by atoms with Crippen molar-refractivity contribution < 1.29 is 135 Å². The molecule has 14 N–H and O–H groups in total. The molecule has 0 radical (unpaired) electrons. The highest BCUT2D eigenvalue weighted by Crippen LogP contribution is 2.44. The number of alkyl carbamates (subject to hydrolysis) is 1. The molecular formula is C71H118N6O28. The molecule has 0 saturated carbocycles. The van der Waals surface area contributed by atoms with Crippen LogP contribution in [0.2, 0.25) is 0 Å². The van der Waals surface area contributed by atoms with Crippen molar-refractivity contribution in [3.63, 3.8) is 0 Å². The van der Waals surface area contributed by atoms with Gasteiger partial charge in [-0.15, -0.1) is 0 Å². The van der Waals surface area contributed by atoms with Gasteiger partial charge in [-0.05, 0) is 48.9 Å². The molecule has 4 aliphatic rings. The number of aliphatic hydroxyl groups is 6. The summed E-state index contributed by atoms with van der Waals surface area (Å²) in [7, 11) is 4.13. The van der Waals surface area contributed by atoms with E-state index in [0.29, 0.717) is 112 Å². The number of amides is 4. The largest absolute Gasteiger partial charge is 0.449 e. The first kappa shape index (κ1) is 91.9. The second-order valence-corrected chi connectivity index (χ2v) is 25.5. The normalized spacial score (nSPS) is 25.4. The molecule has 17 atom stereocenters. The first-order valence-electron chi connectivity index (χ1n) is 35.7. The Hall–Kier alpha value is -5.46. The summed E-state index contributed by atoms with van der Waals surface area (Å²) < 4.78 is 85.5. The fraction of sp³-hybridized carbons (Fsp3) is 0.746. The molecule has 3 saturated heterocycles. The first-order chi connectivity index (χ1) is 50.5. The summed E-state index contributed by atoms with van der Waals surface area (Å²) in [5.74, 6) is -2.16. The minimum Gasteiger partial charge on any atom is -0.449 e. The van der Waals surface area contributed by atoms with Crippen molar-refractivity contribution in [3.05, 3.63) is 59.7 Å². The van der Waals surface area contributed by atoms with Crippen molar-refractivity contribution in [3.8, 4) is 11.1 Å². The van der Waals surface area contributed by atoms with Crippen LogP contribution in [0.4, 0.5) is 4.79 Å². The van der Waals surface area contributed by atoms with E-state index in [0.717, 1.165) is 22.3 Å². The monoisotopic (exact) mass is 1500 g/mol. The molecule has 600 valence electrons. The van der Waals surface area contributed by atoms with Crippen LogP contribution in [-0.2, 0) is 99.8 Å². The van der Waals surface area contributed by atoms with Crippen LogP contribution >= 0.6 is 0 Å². The number of ether oxygens (including phenoxy) is 16. The van der Waals surface area contributed by atoms with Crippen LogP contribution in [0.25, 0.3) is 11.1 Å². The number of nitrogens with two attached hydrogens (primary N) is 2. The van der Waals surface area contributed by atoms with Crippen LogP contribution in [0, 0.1) is 17.8 Å². The third kappa shape index (κ3) is 33.5. The maximum Gasteiger partial charge on any atom is 0.407 e. The molecule has 3 heterocycles. The van der Waals surface area contributed by atoms with E-state index in [-0.39, 0.29) is 113 Å². The molecule has 0 aromatic heterocycles. The predicted molar refractivity (Wildman–Crippen MR) is 376 cm³/mol. The summed E-state index contributed by atoms with van der Waals surface area (Å²) in [6.45, 7) is 14.6. The van der Waals surface area contributed by atoms with Gasteiger partial charge < -0.3 is 139 Å². The van der Waals surface area contributed by atoms with Crippen molar-refractivity contribution in [1.82, 2.24) is 21.3 Å². The quantitative estimate of drug-likeness (QED) is 0.0338. The molecule has 105 heavy (non-hydrogen) atoms. The molecule has 6 rings (SSSR count).